The number of hydrogen-bond acceptors (Lipinski definition) is 2. The SMILES string of the molecule is CCCCCCCCCCCCCCCC(CCOc1ccc(Cl)c(Cl)c1)N(CC)CC. The molecule has 0 N–H and O–H groups in total. The molecule has 0 amide bonds. The second-order valence-corrected chi connectivity index (χ2v) is 9.93. The van der Waals surface area contributed by atoms with Crippen molar-refractivity contribution in [1.29, 1.82) is 0 Å². The number of unbranched alkanes of at least 4 members (excludes halogenated alkanes) is 12. The van der Waals surface area contributed by atoms with Crippen LogP contribution >= 0.6 is 23.2 Å². The highest BCUT2D eigenvalue weighted by atomic mass is 35.5. The molecule has 186 valence electrons. The molecule has 0 radical (unpaired) electrons. The fourth-order valence-corrected chi connectivity index (χ4v) is 4.81. The van der Waals surface area contributed by atoms with E-state index in [9.17, 15) is 0 Å². The molecule has 0 saturated carbocycles. The van der Waals surface area contributed by atoms with Crippen molar-refractivity contribution < 1.29 is 4.74 Å². The summed E-state index contributed by atoms with van der Waals surface area (Å²) in [5, 5.41) is 1.12. The molecule has 32 heavy (non-hydrogen) atoms. The van der Waals surface area contributed by atoms with Gasteiger partial charge in [0.1, 0.15) is 5.75 Å². The molecule has 0 spiro atoms. The molecule has 1 aromatic carbocycles. The zero-order valence-corrected chi connectivity index (χ0v) is 22.7. The topological polar surface area (TPSA) is 12.5 Å². The van der Waals surface area contributed by atoms with Crippen molar-refractivity contribution >= 4 is 23.2 Å². The van der Waals surface area contributed by atoms with E-state index in [0.29, 0.717) is 16.1 Å². The lowest BCUT2D eigenvalue weighted by Crippen LogP contribution is -2.36. The van der Waals surface area contributed by atoms with Gasteiger partial charge in [-0.15, -0.1) is 0 Å². The molecule has 0 heterocycles. The summed E-state index contributed by atoms with van der Waals surface area (Å²) in [6.07, 6.45) is 20.6. The number of rotatable bonds is 21. The van der Waals surface area contributed by atoms with E-state index in [-0.39, 0.29) is 0 Å². The van der Waals surface area contributed by atoms with Gasteiger partial charge in [0, 0.05) is 12.1 Å². The smallest absolute Gasteiger partial charge is 0.120 e. The van der Waals surface area contributed by atoms with Gasteiger partial charge in [0.2, 0.25) is 0 Å². The van der Waals surface area contributed by atoms with Crippen LogP contribution in [0.1, 0.15) is 117 Å². The number of halogens is 2. The molecular formula is C28H49Cl2NO. The molecular weight excluding hydrogens is 437 g/mol. The van der Waals surface area contributed by atoms with Gasteiger partial charge in [0.15, 0.2) is 0 Å². The zero-order chi connectivity index (χ0) is 23.4. The van der Waals surface area contributed by atoms with Gasteiger partial charge in [-0.2, -0.15) is 0 Å². The summed E-state index contributed by atoms with van der Waals surface area (Å²) in [6, 6.07) is 6.10. The summed E-state index contributed by atoms with van der Waals surface area (Å²) in [4.78, 5) is 2.58. The maximum Gasteiger partial charge on any atom is 0.120 e. The zero-order valence-electron chi connectivity index (χ0n) is 21.1. The first-order valence-electron chi connectivity index (χ1n) is 13.4. The van der Waals surface area contributed by atoms with Crippen LogP contribution in [0.15, 0.2) is 18.2 Å². The first-order valence-corrected chi connectivity index (χ1v) is 14.2. The number of hydrogen-bond donors (Lipinski definition) is 0. The molecule has 1 unspecified atom stereocenters. The van der Waals surface area contributed by atoms with E-state index < -0.39 is 0 Å². The Labute approximate surface area is 209 Å². The molecule has 0 aliphatic carbocycles. The molecule has 1 atom stereocenters. The lowest BCUT2D eigenvalue weighted by Gasteiger charge is -2.30. The molecule has 1 rings (SSSR count). The highest BCUT2D eigenvalue weighted by molar-refractivity contribution is 6.42. The molecule has 1 aromatic rings. The largest absolute Gasteiger partial charge is 0.493 e. The molecule has 2 nitrogen and oxygen atoms in total. The maximum atomic E-state index is 6.10. The van der Waals surface area contributed by atoms with Crippen LogP contribution in [0.5, 0.6) is 5.75 Å². The van der Waals surface area contributed by atoms with Gasteiger partial charge in [0.25, 0.3) is 0 Å². The highest BCUT2D eigenvalue weighted by Crippen LogP contribution is 2.26. The minimum absolute atomic E-state index is 0.552. The van der Waals surface area contributed by atoms with E-state index in [1.807, 2.05) is 12.1 Å². The highest BCUT2D eigenvalue weighted by Gasteiger charge is 2.15. The third-order valence-corrected chi connectivity index (χ3v) is 7.32. The fraction of sp³-hybridized carbons (Fsp3) is 0.786. The lowest BCUT2D eigenvalue weighted by atomic mass is 10.0. The van der Waals surface area contributed by atoms with Crippen molar-refractivity contribution in [3.63, 3.8) is 0 Å². The quantitative estimate of drug-likeness (QED) is 0.160. The molecule has 0 saturated heterocycles. The summed E-state index contributed by atoms with van der Waals surface area (Å²) in [5.74, 6) is 0.804. The van der Waals surface area contributed by atoms with Gasteiger partial charge < -0.3 is 9.64 Å². The average molecular weight is 487 g/mol. The molecule has 0 fully saturated rings. The summed E-state index contributed by atoms with van der Waals surface area (Å²) in [7, 11) is 0. The van der Waals surface area contributed by atoms with Crippen LogP contribution in [0, 0.1) is 0 Å². The van der Waals surface area contributed by atoms with Crippen LogP contribution in [0.2, 0.25) is 10.0 Å². The van der Waals surface area contributed by atoms with Gasteiger partial charge in [-0.05, 0) is 38.1 Å². The van der Waals surface area contributed by atoms with Gasteiger partial charge >= 0.3 is 0 Å². The minimum Gasteiger partial charge on any atom is -0.493 e. The fourth-order valence-electron chi connectivity index (χ4n) is 4.53. The Morgan fingerprint density at radius 3 is 1.72 bits per heavy atom. The molecule has 0 bridgehead atoms. The van der Waals surface area contributed by atoms with Crippen LogP contribution in [0.25, 0.3) is 0 Å². The maximum absolute atomic E-state index is 6.10. The first kappa shape index (κ1) is 29.6. The Hall–Kier alpha value is -0.440. The van der Waals surface area contributed by atoms with E-state index in [1.54, 1.807) is 6.07 Å². The number of benzene rings is 1. The van der Waals surface area contributed by atoms with Crippen molar-refractivity contribution in [3.05, 3.63) is 28.2 Å². The van der Waals surface area contributed by atoms with E-state index in [0.717, 1.165) is 31.9 Å². The molecule has 4 heteroatoms. The van der Waals surface area contributed by atoms with Crippen molar-refractivity contribution in [1.82, 2.24) is 4.90 Å². The second-order valence-electron chi connectivity index (χ2n) is 9.12. The van der Waals surface area contributed by atoms with Crippen LogP contribution in [0.3, 0.4) is 0 Å². The Balaban J connectivity index is 2.15. The van der Waals surface area contributed by atoms with Gasteiger partial charge in [-0.3, -0.25) is 0 Å². The molecule has 0 aliphatic rings. The molecule has 0 aromatic heterocycles. The predicted molar refractivity (Wildman–Crippen MR) is 144 cm³/mol. The summed E-state index contributed by atoms with van der Waals surface area (Å²) < 4.78 is 5.96. The molecule has 0 aliphatic heterocycles. The minimum atomic E-state index is 0.552. The Morgan fingerprint density at radius 1 is 0.688 bits per heavy atom. The predicted octanol–water partition coefficient (Wildman–Crippen LogP) is 9.95. The van der Waals surface area contributed by atoms with Gasteiger partial charge in [0.05, 0.1) is 16.7 Å². The number of ether oxygens (including phenoxy) is 1. The normalized spacial score (nSPS) is 12.4. The van der Waals surface area contributed by atoms with Crippen LogP contribution < -0.4 is 4.74 Å². The summed E-state index contributed by atoms with van der Waals surface area (Å²) in [6.45, 7) is 9.74. The van der Waals surface area contributed by atoms with Gasteiger partial charge in [-0.25, -0.2) is 0 Å². The second kappa shape index (κ2) is 20.0. The third-order valence-electron chi connectivity index (χ3n) is 6.58. The van der Waals surface area contributed by atoms with Crippen molar-refractivity contribution in [2.75, 3.05) is 19.7 Å². The Morgan fingerprint density at radius 2 is 1.22 bits per heavy atom. The monoisotopic (exact) mass is 485 g/mol. The van der Waals surface area contributed by atoms with E-state index in [4.69, 9.17) is 27.9 Å². The van der Waals surface area contributed by atoms with Gasteiger partial charge in [-0.1, -0.05) is 127 Å². The van der Waals surface area contributed by atoms with E-state index in [2.05, 4.69) is 25.7 Å². The lowest BCUT2D eigenvalue weighted by molar-refractivity contribution is 0.165. The summed E-state index contributed by atoms with van der Waals surface area (Å²) in [5.41, 5.74) is 0. The van der Waals surface area contributed by atoms with Crippen molar-refractivity contribution in [3.8, 4) is 5.75 Å². The van der Waals surface area contributed by atoms with Crippen LogP contribution in [0.4, 0.5) is 0 Å². The van der Waals surface area contributed by atoms with E-state index in [1.165, 1.54) is 89.9 Å². The van der Waals surface area contributed by atoms with Crippen LogP contribution in [-0.4, -0.2) is 30.6 Å². The number of nitrogens with zero attached hydrogens (tertiary/aromatic N) is 1. The standard InChI is InChI=1S/C28H49Cl2NO/c1-4-7-8-9-10-11-12-13-14-15-16-17-18-19-25(31(5-2)6-3)22-23-32-26-20-21-27(29)28(30)24-26/h20-21,24-25H,4-19,22-23H2,1-3H3. The Kier molecular flexibility index (Phi) is 18.5. The first-order chi connectivity index (χ1) is 15.6. The van der Waals surface area contributed by atoms with Crippen LogP contribution in [-0.2, 0) is 0 Å². The average Bonchev–Trinajstić information content (AvgIpc) is 2.79. The van der Waals surface area contributed by atoms with Crippen molar-refractivity contribution in [2.45, 2.75) is 123 Å². The van der Waals surface area contributed by atoms with Crippen molar-refractivity contribution in [2.24, 2.45) is 0 Å². The third kappa shape index (κ3) is 14.0. The Bertz CT molecular complexity index is 562. The van der Waals surface area contributed by atoms with E-state index >= 15 is 0 Å². The summed E-state index contributed by atoms with van der Waals surface area (Å²) >= 11 is 12.1.